The predicted molar refractivity (Wildman–Crippen MR) is 111 cm³/mol. The van der Waals surface area contributed by atoms with Gasteiger partial charge in [0.1, 0.15) is 0 Å². The highest BCUT2D eigenvalue weighted by Gasteiger charge is 2.26. The molecule has 2 N–H and O–H groups in total. The van der Waals surface area contributed by atoms with Crippen molar-refractivity contribution in [1.82, 2.24) is 15.0 Å². The zero-order valence-corrected chi connectivity index (χ0v) is 16.7. The van der Waals surface area contributed by atoms with Gasteiger partial charge < -0.3 is 15.2 Å². The van der Waals surface area contributed by atoms with Gasteiger partial charge >= 0.3 is 0 Å². The molecular formula is C19H20N4O3S2. The molecule has 1 saturated heterocycles. The number of primary amides is 1. The zero-order chi connectivity index (χ0) is 19.9. The standard InChI is InChI=1S/C12H13N3O2S2.C7H7NO/c16-12(18)15-5-3-8(4-6-15)11-13-10(14-17-11)9-2-1-7-19-9;8-7(9)6-4-2-1-3-5-6/h1-2,7-8H,3-6H2,(H,16,18);1-5H,(H2,8,9). The van der Waals surface area contributed by atoms with E-state index in [0.717, 1.165) is 17.7 Å². The van der Waals surface area contributed by atoms with Gasteiger partial charge in [-0.15, -0.1) is 11.3 Å². The molecule has 0 atom stereocenters. The van der Waals surface area contributed by atoms with Crippen LogP contribution in [-0.4, -0.2) is 39.3 Å². The average molecular weight is 417 g/mol. The molecule has 2 amide bonds. The molecule has 9 heteroatoms. The van der Waals surface area contributed by atoms with Crippen molar-refractivity contribution in [2.75, 3.05) is 13.1 Å². The maximum absolute atomic E-state index is 11.1. The van der Waals surface area contributed by atoms with Crippen molar-refractivity contribution in [3.63, 3.8) is 0 Å². The van der Waals surface area contributed by atoms with Crippen molar-refractivity contribution < 1.29 is 14.1 Å². The second-order valence-corrected chi connectivity index (χ2v) is 7.54. The van der Waals surface area contributed by atoms with E-state index in [1.165, 1.54) is 0 Å². The van der Waals surface area contributed by atoms with Gasteiger partial charge in [0.25, 0.3) is 5.24 Å². The fourth-order valence-electron chi connectivity index (χ4n) is 2.83. The lowest BCUT2D eigenvalue weighted by Gasteiger charge is -2.28. The molecule has 1 fully saturated rings. The third-order valence-corrected chi connectivity index (χ3v) is 5.50. The molecule has 0 saturated carbocycles. The molecule has 146 valence electrons. The van der Waals surface area contributed by atoms with E-state index in [4.69, 9.17) is 10.3 Å². The molecule has 4 rings (SSSR count). The molecule has 0 spiro atoms. The first-order chi connectivity index (χ1) is 13.5. The summed E-state index contributed by atoms with van der Waals surface area (Å²) in [6.45, 7) is 1.40. The molecule has 7 nitrogen and oxygen atoms in total. The van der Waals surface area contributed by atoms with Crippen LogP contribution in [0.15, 0.2) is 52.4 Å². The van der Waals surface area contributed by atoms with E-state index in [9.17, 15) is 9.59 Å². The van der Waals surface area contributed by atoms with Crippen molar-refractivity contribution in [3.8, 4) is 10.7 Å². The Morgan fingerprint density at radius 2 is 1.86 bits per heavy atom. The van der Waals surface area contributed by atoms with Crippen LogP contribution in [0, 0.1) is 0 Å². The van der Waals surface area contributed by atoms with Crippen LogP contribution in [0.25, 0.3) is 10.7 Å². The molecule has 0 unspecified atom stereocenters. The molecule has 1 aromatic carbocycles. The lowest BCUT2D eigenvalue weighted by molar-refractivity contribution is 0.1000. The summed E-state index contributed by atoms with van der Waals surface area (Å²) in [5.74, 6) is 1.19. The van der Waals surface area contributed by atoms with E-state index in [0.29, 0.717) is 30.4 Å². The normalized spacial score (nSPS) is 14.2. The van der Waals surface area contributed by atoms with Gasteiger partial charge in [0, 0.05) is 24.6 Å². The van der Waals surface area contributed by atoms with Crippen molar-refractivity contribution in [3.05, 3.63) is 59.3 Å². The minimum absolute atomic E-state index is 0.164. The number of hydrogen-bond acceptors (Lipinski definition) is 6. The molecule has 1 aliphatic rings. The Morgan fingerprint density at radius 3 is 2.39 bits per heavy atom. The van der Waals surface area contributed by atoms with E-state index in [1.807, 2.05) is 23.6 Å². The molecular weight excluding hydrogens is 396 g/mol. The molecule has 28 heavy (non-hydrogen) atoms. The van der Waals surface area contributed by atoms with Gasteiger partial charge in [0.15, 0.2) is 0 Å². The predicted octanol–water partition coefficient (Wildman–Crippen LogP) is 3.81. The number of aromatic nitrogens is 2. The van der Waals surface area contributed by atoms with Crippen molar-refractivity contribution in [2.24, 2.45) is 5.73 Å². The maximum atomic E-state index is 11.1. The van der Waals surface area contributed by atoms with Gasteiger partial charge in [0.05, 0.1) is 4.88 Å². The lowest BCUT2D eigenvalue weighted by Crippen LogP contribution is -2.34. The number of amides is 2. The van der Waals surface area contributed by atoms with E-state index in [2.05, 4.69) is 22.8 Å². The fourth-order valence-corrected chi connectivity index (χ4v) is 3.68. The molecule has 2 aromatic heterocycles. The molecule has 0 aliphatic carbocycles. The number of hydrogen-bond donors (Lipinski definition) is 2. The number of thiol groups is 1. The maximum Gasteiger partial charge on any atom is 0.278 e. The Bertz CT molecular complexity index is 904. The number of nitrogens with zero attached hydrogens (tertiary/aromatic N) is 3. The van der Waals surface area contributed by atoms with E-state index in [-0.39, 0.29) is 17.1 Å². The summed E-state index contributed by atoms with van der Waals surface area (Å²) >= 11 is 5.43. The first-order valence-electron chi connectivity index (χ1n) is 8.75. The number of rotatable bonds is 3. The van der Waals surface area contributed by atoms with Gasteiger partial charge in [-0.2, -0.15) is 4.98 Å². The number of carbonyl (C=O) groups excluding carboxylic acids is 2. The lowest BCUT2D eigenvalue weighted by atomic mass is 9.97. The largest absolute Gasteiger partial charge is 0.366 e. The number of piperidine rings is 1. The molecule has 0 radical (unpaired) electrons. The Hall–Kier alpha value is -2.65. The number of likely N-dealkylation sites (tertiary alicyclic amines) is 1. The first-order valence-corrected chi connectivity index (χ1v) is 10.1. The van der Waals surface area contributed by atoms with E-state index in [1.54, 1.807) is 40.5 Å². The Balaban J connectivity index is 0.000000211. The number of thiophene rings is 1. The van der Waals surface area contributed by atoms with Crippen LogP contribution >= 0.6 is 24.0 Å². The summed E-state index contributed by atoms with van der Waals surface area (Å²) in [4.78, 5) is 28.8. The Labute approximate surface area is 172 Å². The third kappa shape index (κ3) is 5.20. The van der Waals surface area contributed by atoms with Crippen LogP contribution in [0.2, 0.25) is 0 Å². The summed E-state index contributed by atoms with van der Waals surface area (Å²) in [5, 5.41) is 5.84. The van der Waals surface area contributed by atoms with Gasteiger partial charge in [-0.05, 0) is 36.4 Å². The van der Waals surface area contributed by atoms with Gasteiger partial charge in [0.2, 0.25) is 17.6 Å². The van der Waals surface area contributed by atoms with Crippen LogP contribution in [0.1, 0.15) is 35.0 Å². The van der Waals surface area contributed by atoms with E-state index < -0.39 is 0 Å². The van der Waals surface area contributed by atoms with Crippen molar-refractivity contribution in [1.29, 1.82) is 0 Å². The number of carbonyl (C=O) groups is 2. The summed E-state index contributed by atoms with van der Waals surface area (Å²) in [6.07, 6.45) is 1.69. The van der Waals surface area contributed by atoms with Crippen molar-refractivity contribution in [2.45, 2.75) is 18.8 Å². The van der Waals surface area contributed by atoms with E-state index >= 15 is 0 Å². The zero-order valence-electron chi connectivity index (χ0n) is 15.0. The van der Waals surface area contributed by atoms with Gasteiger partial charge in [-0.3, -0.25) is 9.59 Å². The Kier molecular flexibility index (Phi) is 6.83. The quantitative estimate of drug-likeness (QED) is 0.632. The SMILES string of the molecule is NC(=O)c1ccccc1.O=C(S)N1CCC(c2nc(-c3cccs3)no2)CC1. The average Bonchev–Trinajstić information content (AvgIpc) is 3.41. The van der Waals surface area contributed by atoms with Crippen LogP contribution in [-0.2, 0) is 0 Å². The minimum Gasteiger partial charge on any atom is -0.366 e. The monoisotopic (exact) mass is 416 g/mol. The topological polar surface area (TPSA) is 102 Å². The van der Waals surface area contributed by atoms with Crippen LogP contribution in [0.4, 0.5) is 4.79 Å². The smallest absolute Gasteiger partial charge is 0.278 e. The summed E-state index contributed by atoms with van der Waals surface area (Å²) in [7, 11) is 0. The minimum atomic E-state index is -0.379. The highest BCUT2D eigenvalue weighted by molar-refractivity contribution is 7.96. The Morgan fingerprint density at radius 1 is 1.14 bits per heavy atom. The molecule has 3 aromatic rings. The second-order valence-electron chi connectivity index (χ2n) is 6.21. The molecule has 0 bridgehead atoms. The summed E-state index contributed by atoms with van der Waals surface area (Å²) in [6, 6.07) is 12.7. The summed E-state index contributed by atoms with van der Waals surface area (Å²) < 4.78 is 5.35. The van der Waals surface area contributed by atoms with Crippen LogP contribution < -0.4 is 5.73 Å². The van der Waals surface area contributed by atoms with Gasteiger partial charge in [-0.1, -0.05) is 42.1 Å². The van der Waals surface area contributed by atoms with Gasteiger partial charge in [-0.25, -0.2) is 0 Å². The number of benzene rings is 1. The first kappa shape index (κ1) is 20.1. The second kappa shape index (κ2) is 9.52. The molecule has 1 aliphatic heterocycles. The summed E-state index contributed by atoms with van der Waals surface area (Å²) in [5.41, 5.74) is 5.53. The highest BCUT2D eigenvalue weighted by atomic mass is 32.1. The fraction of sp³-hybridized carbons (Fsp3) is 0.263. The van der Waals surface area contributed by atoms with Crippen molar-refractivity contribution >= 4 is 35.1 Å². The van der Waals surface area contributed by atoms with Crippen LogP contribution in [0.3, 0.4) is 0 Å². The number of nitrogens with two attached hydrogens (primary N) is 1. The third-order valence-electron chi connectivity index (χ3n) is 4.36. The molecule has 3 heterocycles. The highest BCUT2D eigenvalue weighted by Crippen LogP contribution is 2.29. The van der Waals surface area contributed by atoms with Crippen LogP contribution in [0.5, 0.6) is 0 Å².